The third-order valence-electron chi connectivity index (χ3n) is 3.26. The molecule has 1 heterocycles. The van der Waals surface area contributed by atoms with E-state index in [0.29, 0.717) is 17.7 Å². The van der Waals surface area contributed by atoms with Crippen LogP contribution >= 0.6 is 0 Å². The van der Waals surface area contributed by atoms with Crippen molar-refractivity contribution in [3.05, 3.63) is 11.9 Å². The van der Waals surface area contributed by atoms with Gasteiger partial charge in [0, 0.05) is 0 Å². The Morgan fingerprint density at radius 3 is 2.53 bits per heavy atom. The molecule has 0 radical (unpaired) electrons. The summed E-state index contributed by atoms with van der Waals surface area (Å²) in [4.78, 5) is 8.75. The summed E-state index contributed by atoms with van der Waals surface area (Å²) in [6.07, 6.45) is 3.80. The zero-order chi connectivity index (χ0) is 14.3. The molecule has 0 aliphatic heterocycles. The van der Waals surface area contributed by atoms with E-state index in [1.54, 1.807) is 20.4 Å². The number of methoxy groups -OCH3 is 2. The summed E-state index contributed by atoms with van der Waals surface area (Å²) < 4.78 is 10.4. The Bertz CT molecular complexity index is 385. The van der Waals surface area contributed by atoms with Crippen LogP contribution in [0.1, 0.15) is 45.3 Å². The van der Waals surface area contributed by atoms with Crippen LogP contribution in [0.3, 0.4) is 0 Å². The summed E-state index contributed by atoms with van der Waals surface area (Å²) in [6.45, 7) is 7.42. The highest BCUT2D eigenvalue weighted by Crippen LogP contribution is 2.28. The maximum atomic E-state index is 5.34. The fourth-order valence-corrected chi connectivity index (χ4v) is 1.96. The predicted molar refractivity (Wildman–Crippen MR) is 75.6 cm³/mol. The number of nitrogens with one attached hydrogen (secondary N) is 1. The van der Waals surface area contributed by atoms with Crippen LogP contribution in [-0.4, -0.2) is 30.7 Å². The summed E-state index contributed by atoms with van der Waals surface area (Å²) in [5, 5.41) is 3.45. The molecule has 0 aromatic carbocycles. The van der Waals surface area contributed by atoms with Gasteiger partial charge in [-0.15, -0.1) is 0 Å². The first-order valence-electron chi connectivity index (χ1n) is 6.84. The van der Waals surface area contributed by atoms with Crippen LogP contribution in [0.2, 0.25) is 0 Å². The molecule has 0 saturated carbocycles. The molecule has 0 aliphatic rings. The van der Waals surface area contributed by atoms with Gasteiger partial charge in [0.1, 0.15) is 5.69 Å². The van der Waals surface area contributed by atoms with Gasteiger partial charge in [0.05, 0.1) is 26.5 Å². The summed E-state index contributed by atoms with van der Waals surface area (Å²) in [5.41, 5.74) is 0.852. The van der Waals surface area contributed by atoms with E-state index >= 15 is 0 Å². The number of aromatic nitrogens is 2. The van der Waals surface area contributed by atoms with Gasteiger partial charge in [-0.2, -0.15) is 4.98 Å². The lowest BCUT2D eigenvalue weighted by atomic mass is 9.97. The lowest BCUT2D eigenvalue weighted by Gasteiger charge is -2.22. The first-order valence-corrected chi connectivity index (χ1v) is 6.84. The molecule has 5 heteroatoms. The third-order valence-corrected chi connectivity index (χ3v) is 3.26. The Morgan fingerprint density at radius 1 is 1.26 bits per heavy atom. The number of nitrogens with zero attached hydrogens (tertiary/aromatic N) is 2. The van der Waals surface area contributed by atoms with E-state index in [1.165, 1.54) is 0 Å². The summed E-state index contributed by atoms with van der Waals surface area (Å²) in [6, 6.07) is 0.160. The van der Waals surface area contributed by atoms with E-state index in [4.69, 9.17) is 9.47 Å². The van der Waals surface area contributed by atoms with Gasteiger partial charge in [0.15, 0.2) is 0 Å². The molecule has 1 aromatic heterocycles. The average molecular weight is 267 g/mol. The van der Waals surface area contributed by atoms with Crippen molar-refractivity contribution in [1.29, 1.82) is 0 Å². The lowest BCUT2D eigenvalue weighted by molar-refractivity contribution is 0.338. The van der Waals surface area contributed by atoms with E-state index in [9.17, 15) is 0 Å². The molecular formula is C14H25N3O2. The molecule has 0 spiro atoms. The van der Waals surface area contributed by atoms with Gasteiger partial charge in [-0.1, -0.05) is 27.2 Å². The topological polar surface area (TPSA) is 56.3 Å². The standard InChI is InChI=1S/C14H25N3O2/c1-6-10(3)8-11(15-7-2)13-14(19-5)17-12(18-4)9-16-13/h9-11,15H,6-8H2,1-5H3. The van der Waals surface area contributed by atoms with Gasteiger partial charge >= 0.3 is 0 Å². The van der Waals surface area contributed by atoms with Crippen LogP contribution in [0.5, 0.6) is 11.8 Å². The number of hydrogen-bond acceptors (Lipinski definition) is 5. The molecule has 0 aliphatic carbocycles. The molecule has 0 bridgehead atoms. The van der Waals surface area contributed by atoms with Crippen molar-refractivity contribution in [2.45, 2.75) is 39.7 Å². The highest BCUT2D eigenvalue weighted by molar-refractivity contribution is 5.25. The van der Waals surface area contributed by atoms with E-state index in [1.807, 2.05) is 0 Å². The molecule has 0 saturated heterocycles. The van der Waals surface area contributed by atoms with Gasteiger partial charge < -0.3 is 14.8 Å². The number of rotatable bonds is 8. The third kappa shape index (κ3) is 4.35. The molecule has 19 heavy (non-hydrogen) atoms. The van der Waals surface area contributed by atoms with Crippen LogP contribution in [0, 0.1) is 5.92 Å². The average Bonchev–Trinajstić information content (AvgIpc) is 2.45. The predicted octanol–water partition coefficient (Wildman–Crippen LogP) is 2.58. The molecule has 1 aromatic rings. The fraction of sp³-hybridized carbons (Fsp3) is 0.714. The van der Waals surface area contributed by atoms with Crippen LogP contribution in [0.4, 0.5) is 0 Å². The molecule has 5 nitrogen and oxygen atoms in total. The van der Waals surface area contributed by atoms with Crippen molar-refractivity contribution in [3.8, 4) is 11.8 Å². The minimum Gasteiger partial charge on any atom is -0.480 e. The zero-order valence-electron chi connectivity index (χ0n) is 12.6. The molecule has 0 amide bonds. The van der Waals surface area contributed by atoms with Crippen molar-refractivity contribution in [1.82, 2.24) is 15.3 Å². The molecule has 1 N–H and O–H groups in total. The molecule has 108 valence electrons. The first kappa shape index (κ1) is 15.7. The van der Waals surface area contributed by atoms with Crippen molar-refractivity contribution in [2.24, 2.45) is 5.92 Å². The van der Waals surface area contributed by atoms with E-state index in [-0.39, 0.29) is 6.04 Å². The molecule has 0 fully saturated rings. The Hall–Kier alpha value is -1.36. The van der Waals surface area contributed by atoms with Gasteiger partial charge in [0.2, 0.25) is 11.8 Å². The minimum absolute atomic E-state index is 0.160. The Labute approximate surface area is 115 Å². The van der Waals surface area contributed by atoms with Gasteiger partial charge in [-0.25, -0.2) is 4.98 Å². The summed E-state index contributed by atoms with van der Waals surface area (Å²) in [5.74, 6) is 1.63. The van der Waals surface area contributed by atoms with E-state index < -0.39 is 0 Å². The maximum Gasteiger partial charge on any atom is 0.240 e. The fourth-order valence-electron chi connectivity index (χ4n) is 1.96. The molecule has 1 rings (SSSR count). The van der Waals surface area contributed by atoms with Crippen molar-refractivity contribution in [2.75, 3.05) is 20.8 Å². The van der Waals surface area contributed by atoms with Crippen LogP contribution in [0.25, 0.3) is 0 Å². The highest BCUT2D eigenvalue weighted by atomic mass is 16.5. The Balaban J connectivity index is 3.00. The maximum absolute atomic E-state index is 5.34. The summed E-state index contributed by atoms with van der Waals surface area (Å²) in [7, 11) is 3.18. The minimum atomic E-state index is 0.160. The summed E-state index contributed by atoms with van der Waals surface area (Å²) >= 11 is 0. The number of hydrogen-bond donors (Lipinski definition) is 1. The quantitative estimate of drug-likeness (QED) is 0.784. The van der Waals surface area contributed by atoms with Crippen molar-refractivity contribution in [3.63, 3.8) is 0 Å². The highest BCUT2D eigenvalue weighted by Gasteiger charge is 2.20. The van der Waals surface area contributed by atoms with E-state index in [2.05, 4.69) is 36.1 Å². The largest absolute Gasteiger partial charge is 0.480 e. The first-order chi connectivity index (χ1) is 9.15. The second-order valence-corrected chi connectivity index (χ2v) is 4.67. The smallest absolute Gasteiger partial charge is 0.240 e. The van der Waals surface area contributed by atoms with Gasteiger partial charge in [-0.05, 0) is 18.9 Å². The Morgan fingerprint density at radius 2 is 2.00 bits per heavy atom. The van der Waals surface area contributed by atoms with Gasteiger partial charge in [-0.3, -0.25) is 0 Å². The molecule has 2 unspecified atom stereocenters. The number of ether oxygens (including phenoxy) is 2. The monoisotopic (exact) mass is 267 g/mol. The second kappa shape index (κ2) is 7.94. The van der Waals surface area contributed by atoms with Crippen molar-refractivity contribution < 1.29 is 9.47 Å². The lowest BCUT2D eigenvalue weighted by Crippen LogP contribution is -2.24. The Kier molecular flexibility index (Phi) is 6.56. The second-order valence-electron chi connectivity index (χ2n) is 4.67. The zero-order valence-corrected chi connectivity index (χ0v) is 12.6. The van der Waals surface area contributed by atoms with Gasteiger partial charge in [0.25, 0.3) is 0 Å². The van der Waals surface area contributed by atoms with Crippen LogP contribution in [-0.2, 0) is 0 Å². The normalized spacial score (nSPS) is 13.9. The van der Waals surface area contributed by atoms with Crippen LogP contribution < -0.4 is 14.8 Å². The molecular weight excluding hydrogens is 242 g/mol. The SMILES string of the molecule is CCNC(CC(C)CC)c1ncc(OC)nc1OC. The van der Waals surface area contributed by atoms with E-state index in [0.717, 1.165) is 25.1 Å². The van der Waals surface area contributed by atoms with Crippen molar-refractivity contribution >= 4 is 0 Å². The molecule has 2 atom stereocenters. The van der Waals surface area contributed by atoms with Crippen LogP contribution in [0.15, 0.2) is 6.20 Å².